The Balaban J connectivity index is 2.09. The number of anilines is 1. The zero-order valence-electron chi connectivity index (χ0n) is 14.4. The molecule has 1 aliphatic heterocycles. The van der Waals surface area contributed by atoms with Crippen LogP contribution in [-0.2, 0) is 11.2 Å². The summed E-state index contributed by atoms with van der Waals surface area (Å²) in [7, 11) is 1.88. The monoisotopic (exact) mass is 304 g/mol. The van der Waals surface area contributed by atoms with E-state index in [1.807, 2.05) is 31.0 Å². The summed E-state index contributed by atoms with van der Waals surface area (Å²) in [5.41, 5.74) is 3.07. The first kappa shape index (κ1) is 16.8. The van der Waals surface area contributed by atoms with Crippen LogP contribution >= 0.6 is 0 Å². The third kappa shape index (κ3) is 3.80. The lowest BCUT2D eigenvalue weighted by Gasteiger charge is -2.39. The number of aryl methyl sites for hydroxylation is 2. The number of nitrogens with zero attached hydrogens (tertiary/aromatic N) is 1. The lowest BCUT2D eigenvalue weighted by Crippen LogP contribution is -2.48. The largest absolute Gasteiger partial charge is 0.375 e. The fourth-order valence-corrected chi connectivity index (χ4v) is 3.09. The quantitative estimate of drug-likeness (QED) is 0.917. The normalized spacial score (nSPS) is 20.5. The average molecular weight is 304 g/mol. The number of benzene rings is 1. The molecule has 1 aliphatic rings. The van der Waals surface area contributed by atoms with Crippen molar-refractivity contribution in [3.63, 3.8) is 0 Å². The molecule has 0 saturated carbocycles. The fourth-order valence-electron chi connectivity index (χ4n) is 3.09. The third-order valence-electron chi connectivity index (χ3n) is 4.51. The van der Waals surface area contributed by atoms with E-state index in [9.17, 15) is 4.79 Å². The number of nitrogens with one attached hydrogen (secondary N) is 1. The molecule has 1 fully saturated rings. The van der Waals surface area contributed by atoms with Crippen LogP contribution in [0.2, 0.25) is 0 Å². The van der Waals surface area contributed by atoms with Gasteiger partial charge in [0.1, 0.15) is 0 Å². The summed E-state index contributed by atoms with van der Waals surface area (Å²) in [4.78, 5) is 14.4. The number of rotatable bonds is 3. The molecule has 1 aromatic carbocycles. The van der Waals surface area contributed by atoms with Crippen LogP contribution in [0.15, 0.2) is 18.2 Å². The van der Waals surface area contributed by atoms with Crippen molar-refractivity contribution in [2.45, 2.75) is 58.6 Å². The highest BCUT2D eigenvalue weighted by atomic mass is 16.5. The molecule has 4 nitrogen and oxygen atoms in total. The second-order valence-electron chi connectivity index (χ2n) is 6.76. The van der Waals surface area contributed by atoms with Crippen LogP contribution in [-0.4, -0.2) is 36.2 Å². The molecule has 1 heterocycles. The topological polar surface area (TPSA) is 41.6 Å². The van der Waals surface area contributed by atoms with E-state index in [1.165, 1.54) is 5.56 Å². The number of para-hydroxylation sites is 1. The molecule has 122 valence electrons. The Bertz CT molecular complexity index is 540. The summed E-state index contributed by atoms with van der Waals surface area (Å²) in [5, 5.41) is 3.10. The Hall–Kier alpha value is -1.55. The molecule has 22 heavy (non-hydrogen) atoms. The van der Waals surface area contributed by atoms with Gasteiger partial charge < -0.3 is 15.0 Å². The Morgan fingerprint density at radius 1 is 1.45 bits per heavy atom. The van der Waals surface area contributed by atoms with E-state index in [2.05, 4.69) is 32.2 Å². The van der Waals surface area contributed by atoms with Crippen LogP contribution in [0.1, 0.15) is 44.7 Å². The Labute approximate surface area is 133 Å². The van der Waals surface area contributed by atoms with Gasteiger partial charge in [-0.25, -0.2) is 4.79 Å². The fraction of sp³-hybridized carbons (Fsp3) is 0.611. The van der Waals surface area contributed by atoms with Crippen LogP contribution in [0.4, 0.5) is 10.5 Å². The van der Waals surface area contributed by atoms with Crippen molar-refractivity contribution in [2.75, 3.05) is 19.0 Å². The molecule has 1 N–H and O–H groups in total. The summed E-state index contributed by atoms with van der Waals surface area (Å²) in [5.74, 6) is 0. The van der Waals surface area contributed by atoms with Crippen molar-refractivity contribution in [1.82, 2.24) is 4.90 Å². The number of carbonyl (C=O) groups is 1. The highest BCUT2D eigenvalue weighted by molar-refractivity contribution is 5.91. The van der Waals surface area contributed by atoms with Crippen molar-refractivity contribution in [1.29, 1.82) is 0 Å². The van der Waals surface area contributed by atoms with Gasteiger partial charge in [-0.3, -0.25) is 0 Å². The highest BCUT2D eigenvalue weighted by Gasteiger charge is 2.32. The zero-order chi connectivity index (χ0) is 16.3. The molecule has 4 heteroatoms. The molecule has 1 aromatic rings. The van der Waals surface area contributed by atoms with Gasteiger partial charge in [0.05, 0.1) is 5.60 Å². The Morgan fingerprint density at radius 3 is 2.82 bits per heavy atom. The van der Waals surface area contributed by atoms with E-state index < -0.39 is 0 Å². The van der Waals surface area contributed by atoms with E-state index in [0.717, 1.165) is 30.5 Å². The minimum Gasteiger partial charge on any atom is -0.375 e. The smallest absolute Gasteiger partial charge is 0.321 e. The van der Waals surface area contributed by atoms with Gasteiger partial charge in [-0.15, -0.1) is 0 Å². The molecule has 0 aliphatic carbocycles. The van der Waals surface area contributed by atoms with E-state index in [-0.39, 0.29) is 17.7 Å². The number of amides is 2. The van der Waals surface area contributed by atoms with Crippen molar-refractivity contribution in [3.8, 4) is 0 Å². The van der Waals surface area contributed by atoms with Crippen LogP contribution in [0.25, 0.3) is 0 Å². The molecule has 1 saturated heterocycles. The molecule has 0 radical (unpaired) electrons. The summed E-state index contributed by atoms with van der Waals surface area (Å²) < 4.78 is 5.74. The first-order valence-corrected chi connectivity index (χ1v) is 8.10. The van der Waals surface area contributed by atoms with Crippen molar-refractivity contribution in [3.05, 3.63) is 29.3 Å². The Kier molecular flexibility index (Phi) is 5.12. The average Bonchev–Trinajstić information content (AvgIpc) is 2.47. The second kappa shape index (κ2) is 6.69. The van der Waals surface area contributed by atoms with Gasteiger partial charge in [0.15, 0.2) is 0 Å². The van der Waals surface area contributed by atoms with Crippen molar-refractivity contribution in [2.24, 2.45) is 0 Å². The van der Waals surface area contributed by atoms with E-state index in [1.54, 1.807) is 0 Å². The van der Waals surface area contributed by atoms with Gasteiger partial charge in [-0.1, -0.05) is 25.1 Å². The number of carbonyl (C=O) groups excluding carboxylic acids is 1. The minimum absolute atomic E-state index is 0.0355. The lowest BCUT2D eigenvalue weighted by atomic mass is 9.93. The van der Waals surface area contributed by atoms with Gasteiger partial charge in [0.2, 0.25) is 0 Å². The molecular formula is C18H28N2O2. The van der Waals surface area contributed by atoms with Gasteiger partial charge >= 0.3 is 6.03 Å². The summed E-state index contributed by atoms with van der Waals surface area (Å²) >= 11 is 0. The molecule has 0 spiro atoms. The highest BCUT2D eigenvalue weighted by Crippen LogP contribution is 2.28. The molecule has 1 atom stereocenters. The summed E-state index contributed by atoms with van der Waals surface area (Å²) in [6, 6.07) is 6.32. The Morgan fingerprint density at radius 2 is 2.18 bits per heavy atom. The van der Waals surface area contributed by atoms with Gasteiger partial charge in [0.25, 0.3) is 0 Å². The molecular weight excluding hydrogens is 276 g/mol. The number of hydrogen-bond donors (Lipinski definition) is 1. The first-order valence-electron chi connectivity index (χ1n) is 8.10. The predicted molar refractivity (Wildman–Crippen MR) is 90.4 cm³/mol. The third-order valence-corrected chi connectivity index (χ3v) is 4.51. The predicted octanol–water partition coefficient (Wildman–Crippen LogP) is 3.98. The standard InChI is InChI=1S/C18H28N2O2/c1-6-14-9-7-8-13(2)16(14)19-17(21)20(5)15-10-11-22-18(3,4)12-15/h7-9,15H,6,10-12H2,1-5H3,(H,19,21). The van der Waals surface area contributed by atoms with E-state index in [4.69, 9.17) is 4.74 Å². The van der Waals surface area contributed by atoms with E-state index >= 15 is 0 Å². The van der Waals surface area contributed by atoms with Crippen molar-refractivity contribution >= 4 is 11.7 Å². The maximum absolute atomic E-state index is 12.6. The van der Waals surface area contributed by atoms with Gasteiger partial charge in [0, 0.05) is 25.4 Å². The first-order chi connectivity index (χ1) is 10.3. The van der Waals surface area contributed by atoms with Gasteiger partial charge in [-0.2, -0.15) is 0 Å². The van der Waals surface area contributed by atoms with Crippen LogP contribution in [0.5, 0.6) is 0 Å². The molecule has 0 aromatic heterocycles. The van der Waals surface area contributed by atoms with Crippen LogP contribution in [0, 0.1) is 6.92 Å². The maximum atomic E-state index is 12.6. The van der Waals surface area contributed by atoms with E-state index in [0.29, 0.717) is 6.61 Å². The molecule has 0 bridgehead atoms. The van der Waals surface area contributed by atoms with Gasteiger partial charge in [-0.05, 0) is 51.2 Å². The zero-order valence-corrected chi connectivity index (χ0v) is 14.4. The number of hydrogen-bond acceptors (Lipinski definition) is 2. The minimum atomic E-state index is -0.158. The molecule has 2 amide bonds. The molecule has 1 unspecified atom stereocenters. The van der Waals surface area contributed by atoms with Crippen LogP contribution < -0.4 is 5.32 Å². The summed E-state index contributed by atoms with van der Waals surface area (Å²) in [6.45, 7) is 9.02. The number of urea groups is 1. The second-order valence-corrected chi connectivity index (χ2v) is 6.76. The van der Waals surface area contributed by atoms with Crippen LogP contribution in [0.3, 0.4) is 0 Å². The lowest BCUT2D eigenvalue weighted by molar-refractivity contribution is -0.0739. The summed E-state index contributed by atoms with van der Waals surface area (Å²) in [6.07, 6.45) is 2.67. The number of ether oxygens (including phenoxy) is 1. The SMILES string of the molecule is CCc1cccc(C)c1NC(=O)N(C)C1CCOC(C)(C)C1. The molecule has 2 rings (SSSR count). The van der Waals surface area contributed by atoms with Crippen molar-refractivity contribution < 1.29 is 9.53 Å². The maximum Gasteiger partial charge on any atom is 0.321 e.